The Morgan fingerprint density at radius 3 is 2.50 bits per heavy atom. The average Bonchev–Trinajstić information content (AvgIpc) is 2.25. The van der Waals surface area contributed by atoms with Crippen LogP contribution in [0.2, 0.25) is 0 Å². The van der Waals surface area contributed by atoms with Crippen LogP contribution in [0.5, 0.6) is 0 Å². The molecule has 1 aromatic carbocycles. The quantitative estimate of drug-likeness (QED) is 0.798. The summed E-state index contributed by atoms with van der Waals surface area (Å²) < 4.78 is 24.5. The highest BCUT2D eigenvalue weighted by atomic mass is 35.5. The number of carbonyl (C=O) groups is 1. The van der Waals surface area contributed by atoms with E-state index in [1.54, 1.807) is 30.3 Å². The Balaban J connectivity index is 2.48. The number of nitrogens with one attached hydrogen (secondary N) is 1. The minimum atomic E-state index is -3.95. The lowest BCUT2D eigenvalue weighted by Gasteiger charge is -2.13. The van der Waals surface area contributed by atoms with E-state index >= 15 is 0 Å². The van der Waals surface area contributed by atoms with Gasteiger partial charge in [-0.15, -0.1) is 0 Å². The number of alkyl halides is 3. The van der Waals surface area contributed by atoms with Crippen molar-refractivity contribution in [2.45, 2.75) is 11.5 Å². The summed E-state index contributed by atoms with van der Waals surface area (Å²) in [4.78, 5) is 10.7. The molecule has 1 rings (SSSR count). The molecule has 1 aromatic rings. The Labute approximate surface area is 96.0 Å². The van der Waals surface area contributed by atoms with E-state index < -0.39 is 17.4 Å². The highest BCUT2D eigenvalue weighted by Gasteiger charge is 2.35. The van der Waals surface area contributed by atoms with Crippen molar-refractivity contribution in [1.82, 2.24) is 5.32 Å². The van der Waals surface area contributed by atoms with Gasteiger partial charge in [0.25, 0.3) is 0 Å². The van der Waals surface area contributed by atoms with Gasteiger partial charge in [0.15, 0.2) is 0 Å². The number of hydrogen-bond acceptors (Lipinski definition) is 2. The van der Waals surface area contributed by atoms with Crippen LogP contribution in [0.1, 0.15) is 11.7 Å². The maximum Gasteiger partial charge on any atom is 0.399 e. The Bertz CT molecular complexity index is 354. The fourth-order valence-electron chi connectivity index (χ4n) is 1.08. The average molecular weight is 250 g/mol. The first-order valence-corrected chi connectivity index (χ1v) is 4.87. The van der Waals surface area contributed by atoms with E-state index in [0.717, 1.165) is 0 Å². The van der Waals surface area contributed by atoms with Crippen molar-refractivity contribution in [1.29, 1.82) is 0 Å². The third kappa shape index (κ3) is 3.75. The number of carbonyl (C=O) groups excluding carboxylic acids is 1. The van der Waals surface area contributed by atoms with E-state index in [1.165, 1.54) is 0 Å². The van der Waals surface area contributed by atoms with Crippen molar-refractivity contribution in [2.75, 3.05) is 6.54 Å². The van der Waals surface area contributed by atoms with E-state index in [-0.39, 0.29) is 6.54 Å². The molecule has 0 aliphatic rings. The number of amides is 1. The van der Waals surface area contributed by atoms with Gasteiger partial charge < -0.3 is 10.4 Å². The van der Waals surface area contributed by atoms with Gasteiger partial charge in [-0.3, -0.25) is 4.79 Å². The summed E-state index contributed by atoms with van der Waals surface area (Å²) >= 11 is 4.49. The predicted molar refractivity (Wildman–Crippen MR) is 55.2 cm³/mol. The van der Waals surface area contributed by atoms with E-state index in [0.29, 0.717) is 5.56 Å². The van der Waals surface area contributed by atoms with Gasteiger partial charge in [-0.05, 0) is 17.2 Å². The monoisotopic (exact) mass is 249 g/mol. The summed E-state index contributed by atoms with van der Waals surface area (Å²) in [7, 11) is 0. The molecular weight excluding hydrogens is 240 g/mol. The molecule has 0 radical (unpaired) electrons. The van der Waals surface area contributed by atoms with Crippen LogP contribution < -0.4 is 5.32 Å². The predicted octanol–water partition coefficient (Wildman–Crippen LogP) is 1.67. The third-order valence-corrected chi connectivity index (χ3v) is 2.07. The Morgan fingerprint density at radius 2 is 2.00 bits per heavy atom. The molecule has 0 aromatic heterocycles. The lowest BCUT2D eigenvalue weighted by molar-refractivity contribution is -0.136. The topological polar surface area (TPSA) is 49.3 Å². The lowest BCUT2D eigenvalue weighted by Crippen LogP contribution is -2.38. The second-order valence-electron chi connectivity index (χ2n) is 3.13. The second-order valence-corrected chi connectivity index (χ2v) is 3.61. The summed E-state index contributed by atoms with van der Waals surface area (Å²) in [5.41, 5.74) is 0.528. The number of halogens is 3. The molecule has 0 bridgehead atoms. The molecule has 1 amide bonds. The first-order valence-electron chi connectivity index (χ1n) is 4.49. The summed E-state index contributed by atoms with van der Waals surface area (Å²) in [6, 6.07) is 8.38. The van der Waals surface area contributed by atoms with Crippen molar-refractivity contribution in [2.24, 2.45) is 0 Å². The standard InChI is InChI=1S/C10H10ClF2NO2/c11-10(12,13)9(16)14-6-8(15)7-4-2-1-3-5-7/h1-5,8,15H,6H2,(H,14,16)/t8-/m0/s1. The molecule has 0 aliphatic carbocycles. The molecule has 0 saturated carbocycles. The summed E-state index contributed by atoms with van der Waals surface area (Å²) in [6.07, 6.45) is -1.04. The molecule has 88 valence electrons. The molecule has 0 heterocycles. The fraction of sp³-hybridized carbons (Fsp3) is 0.300. The SMILES string of the molecule is O=C(NC[C@H](O)c1ccccc1)C(F)(F)Cl. The van der Waals surface area contributed by atoms with Gasteiger partial charge in [0.2, 0.25) is 0 Å². The largest absolute Gasteiger partial charge is 0.399 e. The molecule has 0 unspecified atom stereocenters. The van der Waals surface area contributed by atoms with E-state index in [2.05, 4.69) is 11.6 Å². The van der Waals surface area contributed by atoms with E-state index in [9.17, 15) is 18.7 Å². The normalized spacial score (nSPS) is 13.2. The van der Waals surface area contributed by atoms with Crippen molar-refractivity contribution >= 4 is 17.5 Å². The summed E-state index contributed by atoms with van der Waals surface area (Å²) in [5.74, 6) is -1.62. The van der Waals surface area contributed by atoms with E-state index in [1.807, 2.05) is 5.32 Å². The first-order chi connectivity index (χ1) is 7.41. The zero-order chi connectivity index (χ0) is 12.2. The van der Waals surface area contributed by atoms with Crippen molar-refractivity contribution < 1.29 is 18.7 Å². The lowest BCUT2D eigenvalue weighted by atomic mass is 10.1. The van der Waals surface area contributed by atoms with Gasteiger partial charge in [0.05, 0.1) is 6.10 Å². The molecule has 6 heteroatoms. The van der Waals surface area contributed by atoms with Crippen LogP contribution in [0.15, 0.2) is 30.3 Å². The van der Waals surface area contributed by atoms with Crippen LogP contribution in [0.3, 0.4) is 0 Å². The number of rotatable bonds is 4. The molecule has 1 atom stereocenters. The van der Waals surface area contributed by atoms with Crippen LogP contribution in [0, 0.1) is 0 Å². The Hall–Kier alpha value is -1.20. The van der Waals surface area contributed by atoms with Crippen LogP contribution in [0.25, 0.3) is 0 Å². The van der Waals surface area contributed by atoms with Crippen LogP contribution in [0.4, 0.5) is 8.78 Å². The second kappa shape index (κ2) is 5.23. The van der Waals surface area contributed by atoms with Crippen LogP contribution >= 0.6 is 11.6 Å². The minimum absolute atomic E-state index is 0.314. The van der Waals surface area contributed by atoms with Gasteiger partial charge >= 0.3 is 11.3 Å². The maximum atomic E-state index is 12.2. The molecule has 0 saturated heterocycles. The fourth-order valence-corrected chi connectivity index (χ4v) is 1.15. The Kier molecular flexibility index (Phi) is 4.20. The molecule has 16 heavy (non-hydrogen) atoms. The number of aliphatic hydroxyl groups is 1. The van der Waals surface area contributed by atoms with Gasteiger partial charge in [-0.1, -0.05) is 30.3 Å². The highest BCUT2D eigenvalue weighted by molar-refractivity contribution is 6.32. The minimum Gasteiger partial charge on any atom is -0.387 e. The number of benzene rings is 1. The first kappa shape index (κ1) is 12.9. The van der Waals surface area contributed by atoms with Crippen LogP contribution in [-0.2, 0) is 4.79 Å². The zero-order valence-electron chi connectivity index (χ0n) is 8.16. The van der Waals surface area contributed by atoms with Gasteiger partial charge in [0, 0.05) is 6.54 Å². The molecule has 0 aliphatic heterocycles. The van der Waals surface area contributed by atoms with Crippen LogP contribution in [-0.4, -0.2) is 22.9 Å². The third-order valence-electron chi connectivity index (χ3n) is 1.90. The van der Waals surface area contributed by atoms with Crippen molar-refractivity contribution in [3.8, 4) is 0 Å². The summed E-state index contributed by atoms with van der Waals surface area (Å²) in [5, 5.41) is 7.43. The molecule has 2 N–H and O–H groups in total. The molecule has 3 nitrogen and oxygen atoms in total. The zero-order valence-corrected chi connectivity index (χ0v) is 8.92. The molecule has 0 fully saturated rings. The molecular formula is C10H10ClF2NO2. The van der Waals surface area contributed by atoms with E-state index in [4.69, 9.17) is 0 Å². The highest BCUT2D eigenvalue weighted by Crippen LogP contribution is 2.19. The van der Waals surface area contributed by atoms with Gasteiger partial charge in [0.1, 0.15) is 0 Å². The van der Waals surface area contributed by atoms with Gasteiger partial charge in [-0.2, -0.15) is 8.78 Å². The number of hydrogen-bond donors (Lipinski definition) is 2. The summed E-state index contributed by atoms with van der Waals surface area (Å²) in [6.45, 7) is -0.314. The smallest absolute Gasteiger partial charge is 0.387 e. The van der Waals surface area contributed by atoms with Crippen molar-refractivity contribution in [3.05, 3.63) is 35.9 Å². The van der Waals surface area contributed by atoms with Gasteiger partial charge in [-0.25, -0.2) is 0 Å². The maximum absolute atomic E-state index is 12.2. The molecule has 0 spiro atoms. The Morgan fingerprint density at radius 1 is 1.44 bits per heavy atom. The van der Waals surface area contributed by atoms with Crippen molar-refractivity contribution in [3.63, 3.8) is 0 Å². The number of aliphatic hydroxyl groups excluding tert-OH is 1.